The van der Waals surface area contributed by atoms with Crippen LogP contribution in [0.4, 0.5) is 0 Å². The van der Waals surface area contributed by atoms with Crippen molar-refractivity contribution in [2.75, 3.05) is 6.26 Å². The molecular weight excluding hydrogens is 294 g/mol. The molecule has 1 atom stereocenters. The van der Waals surface area contributed by atoms with Gasteiger partial charge in [-0.15, -0.1) is 5.10 Å². The molecule has 0 amide bonds. The first kappa shape index (κ1) is 13.3. The third-order valence-corrected chi connectivity index (χ3v) is 4.07. The smallest absolute Gasteiger partial charge is 0.207 e. The molecule has 0 aliphatic heterocycles. The maximum atomic E-state index is 11.1. The first-order valence-electron chi connectivity index (χ1n) is 5.77. The second-order valence-electron chi connectivity index (χ2n) is 4.06. The minimum Gasteiger partial charge on any atom is -0.768 e. The molecule has 20 heavy (non-hydrogen) atoms. The molecule has 0 N–H and O–H groups in total. The van der Waals surface area contributed by atoms with Gasteiger partial charge in [-0.2, -0.15) is 0 Å². The lowest BCUT2D eigenvalue weighted by Gasteiger charge is -2.08. The number of fused-ring (bicyclic) bond motifs is 1. The van der Waals surface area contributed by atoms with Crippen molar-refractivity contribution in [1.82, 2.24) is 14.6 Å². The fourth-order valence-corrected chi connectivity index (χ4v) is 2.69. The Kier molecular flexibility index (Phi) is 3.56. The summed E-state index contributed by atoms with van der Waals surface area (Å²) in [5.74, 6) is 0. The summed E-state index contributed by atoms with van der Waals surface area (Å²) in [6, 6.07) is 10.6. The van der Waals surface area contributed by atoms with E-state index in [1.807, 2.05) is 24.5 Å². The Labute approximate surface area is 122 Å². The van der Waals surface area contributed by atoms with Gasteiger partial charge in [0.25, 0.3) is 0 Å². The SMILES string of the molecule is CSc1ncc2ccc(-c3cccc(S(=O)[O-])c3)n2n1. The summed E-state index contributed by atoms with van der Waals surface area (Å²) in [7, 11) is 0. The van der Waals surface area contributed by atoms with E-state index in [1.54, 1.807) is 28.9 Å². The van der Waals surface area contributed by atoms with E-state index in [4.69, 9.17) is 0 Å². The summed E-state index contributed by atoms with van der Waals surface area (Å²) in [6.45, 7) is 0. The standard InChI is InChI=1S/C13H11N3O2S2/c1-19-13-14-8-10-5-6-12(16(10)15-13)9-3-2-4-11(7-9)20(17)18/h2-8H,1H3,(H,17,18)/p-1. The molecule has 3 rings (SSSR count). The fourth-order valence-electron chi connectivity index (χ4n) is 1.96. The predicted octanol–water partition coefficient (Wildman–Crippen LogP) is 2.36. The lowest BCUT2D eigenvalue weighted by Crippen LogP contribution is -1.98. The molecule has 7 heteroatoms. The van der Waals surface area contributed by atoms with Gasteiger partial charge in [-0.3, -0.25) is 4.21 Å². The Morgan fingerprint density at radius 2 is 2.15 bits per heavy atom. The molecular formula is C13H10N3O2S2-. The van der Waals surface area contributed by atoms with Crippen molar-refractivity contribution in [1.29, 1.82) is 0 Å². The molecule has 0 bridgehead atoms. The van der Waals surface area contributed by atoms with Crippen LogP contribution in [0.1, 0.15) is 0 Å². The highest BCUT2D eigenvalue weighted by atomic mass is 32.2. The monoisotopic (exact) mass is 304 g/mol. The maximum absolute atomic E-state index is 11.1. The first-order chi connectivity index (χ1) is 9.69. The van der Waals surface area contributed by atoms with Crippen molar-refractivity contribution < 1.29 is 8.76 Å². The normalized spacial score (nSPS) is 12.7. The topological polar surface area (TPSA) is 70.3 Å². The average Bonchev–Trinajstić information content (AvgIpc) is 2.90. The van der Waals surface area contributed by atoms with Crippen LogP contribution in [0.5, 0.6) is 0 Å². The van der Waals surface area contributed by atoms with Crippen LogP contribution in [0.3, 0.4) is 0 Å². The van der Waals surface area contributed by atoms with Gasteiger partial charge in [0.2, 0.25) is 5.16 Å². The second-order valence-corrected chi connectivity index (χ2v) is 5.78. The van der Waals surface area contributed by atoms with Crippen LogP contribution in [0, 0.1) is 0 Å². The predicted molar refractivity (Wildman–Crippen MR) is 77.4 cm³/mol. The highest BCUT2D eigenvalue weighted by Crippen LogP contribution is 2.24. The van der Waals surface area contributed by atoms with Crippen LogP contribution in [0.15, 0.2) is 52.6 Å². The quantitative estimate of drug-likeness (QED) is 0.549. The molecule has 2 aromatic heterocycles. The second kappa shape index (κ2) is 5.35. The number of hydrogen-bond donors (Lipinski definition) is 0. The number of nitrogens with zero attached hydrogens (tertiary/aromatic N) is 3. The summed E-state index contributed by atoms with van der Waals surface area (Å²) in [5, 5.41) is 5.08. The van der Waals surface area contributed by atoms with Gasteiger partial charge >= 0.3 is 0 Å². The van der Waals surface area contributed by atoms with Crippen molar-refractivity contribution in [3.05, 3.63) is 42.6 Å². The summed E-state index contributed by atoms with van der Waals surface area (Å²) in [5.41, 5.74) is 2.51. The molecule has 3 aromatic rings. The molecule has 0 spiro atoms. The van der Waals surface area contributed by atoms with E-state index in [1.165, 1.54) is 11.8 Å². The van der Waals surface area contributed by atoms with E-state index in [-0.39, 0.29) is 4.90 Å². The number of rotatable bonds is 3. The summed E-state index contributed by atoms with van der Waals surface area (Å²) < 4.78 is 23.9. The minimum atomic E-state index is -2.24. The van der Waals surface area contributed by atoms with Crippen molar-refractivity contribution in [2.45, 2.75) is 10.1 Å². The third kappa shape index (κ3) is 2.35. The molecule has 102 valence electrons. The number of benzene rings is 1. The lowest BCUT2D eigenvalue weighted by molar-refractivity contribution is 0.537. The van der Waals surface area contributed by atoms with Gasteiger partial charge in [-0.05, 0) is 41.6 Å². The van der Waals surface area contributed by atoms with E-state index in [9.17, 15) is 8.76 Å². The Balaban J connectivity index is 2.18. The van der Waals surface area contributed by atoms with Crippen molar-refractivity contribution in [2.24, 2.45) is 0 Å². The summed E-state index contributed by atoms with van der Waals surface area (Å²) in [6.07, 6.45) is 3.66. The van der Waals surface area contributed by atoms with Gasteiger partial charge in [-0.1, -0.05) is 23.9 Å². The third-order valence-electron chi connectivity index (χ3n) is 2.88. The van der Waals surface area contributed by atoms with Crippen LogP contribution >= 0.6 is 11.8 Å². The van der Waals surface area contributed by atoms with Crippen molar-refractivity contribution in [3.63, 3.8) is 0 Å². The lowest BCUT2D eigenvalue weighted by atomic mass is 10.2. The van der Waals surface area contributed by atoms with E-state index in [0.29, 0.717) is 5.16 Å². The van der Waals surface area contributed by atoms with Gasteiger partial charge < -0.3 is 4.55 Å². The van der Waals surface area contributed by atoms with Gasteiger partial charge in [0.15, 0.2) is 0 Å². The van der Waals surface area contributed by atoms with Crippen molar-refractivity contribution in [3.8, 4) is 11.3 Å². The highest BCUT2D eigenvalue weighted by molar-refractivity contribution is 7.98. The minimum absolute atomic E-state index is 0.261. The first-order valence-corrected chi connectivity index (χ1v) is 8.07. The molecule has 0 fully saturated rings. The Morgan fingerprint density at radius 3 is 2.90 bits per heavy atom. The van der Waals surface area contributed by atoms with Gasteiger partial charge in [-0.25, -0.2) is 9.50 Å². The molecule has 0 radical (unpaired) electrons. The molecule has 1 unspecified atom stereocenters. The number of hydrogen-bond acceptors (Lipinski definition) is 5. The maximum Gasteiger partial charge on any atom is 0.207 e. The summed E-state index contributed by atoms with van der Waals surface area (Å²) >= 11 is -0.779. The largest absolute Gasteiger partial charge is 0.768 e. The Bertz CT molecular complexity index is 801. The van der Waals surface area contributed by atoms with Crippen LogP contribution in [-0.4, -0.2) is 29.6 Å². The van der Waals surface area contributed by atoms with Crippen LogP contribution in [0.2, 0.25) is 0 Å². The Morgan fingerprint density at radius 1 is 1.30 bits per heavy atom. The van der Waals surface area contributed by atoms with E-state index in [0.717, 1.165) is 16.8 Å². The van der Waals surface area contributed by atoms with Crippen LogP contribution in [0.25, 0.3) is 16.8 Å². The van der Waals surface area contributed by atoms with Gasteiger partial charge in [0.1, 0.15) is 0 Å². The zero-order valence-electron chi connectivity index (χ0n) is 10.5. The number of aromatic nitrogens is 3. The van der Waals surface area contributed by atoms with E-state index >= 15 is 0 Å². The zero-order valence-corrected chi connectivity index (χ0v) is 12.1. The Hall–Kier alpha value is -1.70. The molecule has 5 nitrogen and oxygen atoms in total. The average molecular weight is 304 g/mol. The molecule has 0 saturated heterocycles. The van der Waals surface area contributed by atoms with Crippen LogP contribution in [-0.2, 0) is 11.1 Å². The van der Waals surface area contributed by atoms with Crippen LogP contribution < -0.4 is 0 Å². The van der Waals surface area contributed by atoms with Gasteiger partial charge in [0.05, 0.1) is 17.4 Å². The fraction of sp³-hybridized carbons (Fsp3) is 0.0769. The van der Waals surface area contributed by atoms with E-state index in [2.05, 4.69) is 10.1 Å². The summed E-state index contributed by atoms with van der Waals surface area (Å²) in [4.78, 5) is 4.47. The van der Waals surface area contributed by atoms with E-state index < -0.39 is 11.1 Å². The molecule has 0 aliphatic rings. The molecule has 1 aromatic carbocycles. The molecule has 0 aliphatic carbocycles. The molecule has 2 heterocycles. The zero-order chi connectivity index (χ0) is 14.1. The van der Waals surface area contributed by atoms with Crippen molar-refractivity contribution >= 4 is 28.4 Å². The molecule has 0 saturated carbocycles. The highest BCUT2D eigenvalue weighted by Gasteiger charge is 2.08. The van der Waals surface area contributed by atoms with Gasteiger partial charge in [0, 0.05) is 10.5 Å². The number of thioether (sulfide) groups is 1.